The monoisotopic (exact) mass is 318 g/mol. The molecule has 0 saturated carbocycles. The third kappa shape index (κ3) is 4.57. The second-order valence-corrected chi connectivity index (χ2v) is 7.55. The standard InChI is InChI=1S/C20H30O3/c1-15(2)20-12-10-17(18(21)23-20)9-5-7-16(3)8-6-11-19(4,22)13-14-20/h8-9,13-15,22H,5-7,10-12H2,1-4H3/b14-13+,16-8+,17-9+/t19-,20-/m0/s1. The van der Waals surface area contributed by atoms with Crippen LogP contribution in [0.2, 0.25) is 0 Å². The molecule has 2 bridgehead atoms. The van der Waals surface area contributed by atoms with Crippen LogP contribution >= 0.6 is 0 Å². The summed E-state index contributed by atoms with van der Waals surface area (Å²) in [5.41, 5.74) is 0.616. The highest BCUT2D eigenvalue weighted by molar-refractivity contribution is 5.89. The summed E-state index contributed by atoms with van der Waals surface area (Å²) in [5, 5.41) is 10.6. The van der Waals surface area contributed by atoms with E-state index in [-0.39, 0.29) is 11.9 Å². The fourth-order valence-electron chi connectivity index (χ4n) is 3.21. The summed E-state index contributed by atoms with van der Waals surface area (Å²) in [6.07, 6.45) is 12.8. The Morgan fingerprint density at radius 2 is 1.87 bits per heavy atom. The zero-order chi connectivity index (χ0) is 17.1. The molecular formula is C20H30O3. The number of hydrogen-bond acceptors (Lipinski definition) is 3. The Morgan fingerprint density at radius 1 is 1.13 bits per heavy atom. The lowest BCUT2D eigenvalue weighted by Crippen LogP contribution is -2.43. The lowest BCUT2D eigenvalue weighted by Gasteiger charge is -2.39. The van der Waals surface area contributed by atoms with Crippen LogP contribution in [0.5, 0.6) is 0 Å². The summed E-state index contributed by atoms with van der Waals surface area (Å²) in [7, 11) is 0. The van der Waals surface area contributed by atoms with Gasteiger partial charge in [-0.05, 0) is 64.4 Å². The number of fused-ring (bicyclic) bond motifs is 9. The third-order valence-electron chi connectivity index (χ3n) is 5.10. The minimum atomic E-state index is -0.884. The molecule has 3 heteroatoms. The van der Waals surface area contributed by atoms with Crippen molar-refractivity contribution in [1.82, 2.24) is 0 Å². The van der Waals surface area contributed by atoms with Gasteiger partial charge < -0.3 is 9.84 Å². The molecule has 3 nitrogen and oxygen atoms in total. The molecule has 0 amide bonds. The Balaban J connectivity index is 2.35. The molecule has 2 aliphatic heterocycles. The lowest BCUT2D eigenvalue weighted by molar-refractivity contribution is -0.159. The van der Waals surface area contributed by atoms with Gasteiger partial charge in [0.05, 0.1) is 5.60 Å². The maximum absolute atomic E-state index is 12.4. The first-order valence-electron chi connectivity index (χ1n) is 8.75. The van der Waals surface area contributed by atoms with E-state index in [1.54, 1.807) is 0 Å². The van der Waals surface area contributed by atoms with Gasteiger partial charge in [-0.25, -0.2) is 4.79 Å². The van der Waals surface area contributed by atoms with Crippen LogP contribution in [0, 0.1) is 5.92 Å². The molecule has 0 aromatic carbocycles. The molecule has 3 aliphatic rings. The maximum Gasteiger partial charge on any atom is 0.334 e. The van der Waals surface area contributed by atoms with Crippen LogP contribution in [0.15, 0.2) is 35.5 Å². The first-order chi connectivity index (χ1) is 10.7. The molecule has 3 rings (SSSR count). The average molecular weight is 318 g/mol. The van der Waals surface area contributed by atoms with Crippen molar-refractivity contribution in [3.63, 3.8) is 0 Å². The second-order valence-electron chi connectivity index (χ2n) is 7.55. The van der Waals surface area contributed by atoms with Gasteiger partial charge in [0, 0.05) is 5.57 Å². The number of carbonyl (C=O) groups excluding carboxylic acids is 1. The predicted molar refractivity (Wildman–Crippen MR) is 93.0 cm³/mol. The number of rotatable bonds is 1. The quantitative estimate of drug-likeness (QED) is 0.573. The Kier molecular flexibility index (Phi) is 5.51. The molecular weight excluding hydrogens is 288 g/mol. The zero-order valence-corrected chi connectivity index (χ0v) is 14.9. The van der Waals surface area contributed by atoms with Crippen LogP contribution in [0.25, 0.3) is 0 Å². The second kappa shape index (κ2) is 7.04. The summed E-state index contributed by atoms with van der Waals surface area (Å²) in [5.74, 6) is -0.0250. The lowest BCUT2D eigenvalue weighted by atomic mass is 9.80. The van der Waals surface area contributed by atoms with Gasteiger partial charge in [-0.1, -0.05) is 37.6 Å². The summed E-state index contributed by atoms with van der Waals surface area (Å²) in [4.78, 5) is 12.4. The Labute approximate surface area is 140 Å². The van der Waals surface area contributed by atoms with Gasteiger partial charge in [-0.3, -0.25) is 0 Å². The molecule has 0 aromatic rings. The van der Waals surface area contributed by atoms with E-state index in [9.17, 15) is 9.90 Å². The SMILES string of the molecule is C/C1=C\CC[C@](C)(O)/C=C/[C@]2(C(C)C)CC/C(=C\CC1)C(=O)O2. The largest absolute Gasteiger partial charge is 0.451 e. The van der Waals surface area contributed by atoms with E-state index in [1.165, 1.54) is 5.57 Å². The van der Waals surface area contributed by atoms with Crippen LogP contribution < -0.4 is 0 Å². The van der Waals surface area contributed by atoms with E-state index < -0.39 is 11.2 Å². The molecule has 0 radical (unpaired) electrons. The van der Waals surface area contributed by atoms with Crippen molar-refractivity contribution in [3.05, 3.63) is 35.5 Å². The number of hydrogen-bond donors (Lipinski definition) is 1. The predicted octanol–water partition coefficient (Wildman–Crippen LogP) is 4.47. The molecule has 1 saturated heterocycles. The van der Waals surface area contributed by atoms with Crippen LogP contribution in [-0.2, 0) is 9.53 Å². The van der Waals surface area contributed by atoms with Crippen molar-refractivity contribution in [2.45, 2.75) is 77.4 Å². The van der Waals surface area contributed by atoms with Crippen LogP contribution in [-0.4, -0.2) is 22.3 Å². The summed E-state index contributed by atoms with van der Waals surface area (Å²) < 4.78 is 5.84. The molecule has 2 atom stereocenters. The van der Waals surface area contributed by atoms with Gasteiger partial charge in [0.25, 0.3) is 0 Å². The Hall–Kier alpha value is -1.35. The normalized spacial score (nSPS) is 39.0. The van der Waals surface area contributed by atoms with Gasteiger partial charge in [-0.15, -0.1) is 0 Å². The zero-order valence-electron chi connectivity index (χ0n) is 14.9. The summed E-state index contributed by atoms with van der Waals surface area (Å²) in [6, 6.07) is 0. The van der Waals surface area contributed by atoms with Gasteiger partial charge in [-0.2, -0.15) is 0 Å². The highest BCUT2D eigenvalue weighted by Gasteiger charge is 2.40. The molecule has 0 spiro atoms. The minimum absolute atomic E-state index is 0.176. The number of allylic oxidation sites excluding steroid dienone is 3. The number of ether oxygens (including phenoxy) is 1. The smallest absolute Gasteiger partial charge is 0.334 e. The van der Waals surface area contributed by atoms with Gasteiger partial charge in [0.2, 0.25) is 0 Å². The molecule has 128 valence electrons. The average Bonchev–Trinajstić information content (AvgIpc) is 2.46. The van der Waals surface area contributed by atoms with E-state index >= 15 is 0 Å². The third-order valence-corrected chi connectivity index (χ3v) is 5.10. The van der Waals surface area contributed by atoms with Crippen LogP contribution in [0.3, 0.4) is 0 Å². The van der Waals surface area contributed by atoms with E-state index in [1.807, 2.05) is 25.2 Å². The number of aliphatic hydroxyl groups is 1. The van der Waals surface area contributed by atoms with E-state index in [0.29, 0.717) is 6.42 Å². The number of esters is 1. The van der Waals surface area contributed by atoms with Crippen LogP contribution in [0.1, 0.15) is 66.2 Å². The fourth-order valence-corrected chi connectivity index (χ4v) is 3.21. The Morgan fingerprint density at radius 3 is 2.52 bits per heavy atom. The highest BCUT2D eigenvalue weighted by Crippen LogP contribution is 2.37. The van der Waals surface area contributed by atoms with Gasteiger partial charge in [0.15, 0.2) is 0 Å². The van der Waals surface area contributed by atoms with Crippen molar-refractivity contribution < 1.29 is 14.6 Å². The fraction of sp³-hybridized carbons (Fsp3) is 0.650. The van der Waals surface area contributed by atoms with Crippen molar-refractivity contribution >= 4 is 5.97 Å². The maximum atomic E-state index is 12.4. The molecule has 1 aliphatic carbocycles. The van der Waals surface area contributed by atoms with Crippen molar-refractivity contribution in [1.29, 1.82) is 0 Å². The van der Waals surface area contributed by atoms with E-state index in [4.69, 9.17) is 4.74 Å². The highest BCUT2D eigenvalue weighted by atomic mass is 16.6. The molecule has 0 unspecified atom stereocenters. The summed E-state index contributed by atoms with van der Waals surface area (Å²) in [6.45, 7) is 8.06. The molecule has 1 N–H and O–H groups in total. The molecule has 0 aromatic heterocycles. The first kappa shape index (κ1) is 18.0. The van der Waals surface area contributed by atoms with Gasteiger partial charge in [0.1, 0.15) is 5.60 Å². The first-order valence-corrected chi connectivity index (χ1v) is 8.75. The minimum Gasteiger partial charge on any atom is -0.451 e. The molecule has 2 heterocycles. The van der Waals surface area contributed by atoms with Gasteiger partial charge >= 0.3 is 5.97 Å². The summed E-state index contributed by atoms with van der Waals surface area (Å²) >= 11 is 0. The van der Waals surface area contributed by atoms with E-state index in [0.717, 1.165) is 37.7 Å². The van der Waals surface area contributed by atoms with Crippen molar-refractivity contribution in [2.75, 3.05) is 0 Å². The molecule has 1 fully saturated rings. The van der Waals surface area contributed by atoms with E-state index in [2.05, 4.69) is 26.8 Å². The Bertz CT molecular complexity index is 537. The van der Waals surface area contributed by atoms with Crippen molar-refractivity contribution in [2.24, 2.45) is 5.92 Å². The van der Waals surface area contributed by atoms with Crippen molar-refractivity contribution in [3.8, 4) is 0 Å². The topological polar surface area (TPSA) is 46.5 Å². The number of carbonyl (C=O) groups is 1. The molecule has 23 heavy (non-hydrogen) atoms. The van der Waals surface area contributed by atoms with Crippen LogP contribution in [0.4, 0.5) is 0 Å².